The van der Waals surface area contributed by atoms with Crippen LogP contribution in [-0.2, 0) is 4.74 Å². The quantitative estimate of drug-likeness (QED) is 0.725. The van der Waals surface area contributed by atoms with Gasteiger partial charge < -0.3 is 14.7 Å². The number of rotatable bonds is 7. The molecule has 3 unspecified atom stereocenters. The number of hydrogen-bond acceptors (Lipinski definition) is 4. The van der Waals surface area contributed by atoms with Crippen LogP contribution in [0.5, 0.6) is 0 Å². The van der Waals surface area contributed by atoms with E-state index in [0.29, 0.717) is 18.8 Å². The zero-order valence-electron chi connectivity index (χ0n) is 11.9. The molecule has 1 fully saturated rings. The topological polar surface area (TPSA) is 45.1 Å². The smallest absolute Gasteiger partial charge is 0.289 e. The first kappa shape index (κ1) is 13.7. The third-order valence-corrected chi connectivity index (χ3v) is 4.30. The molecule has 4 nitrogen and oxygen atoms in total. The molecule has 3 rings (SSSR count). The first-order valence-corrected chi connectivity index (χ1v) is 7.85. The van der Waals surface area contributed by atoms with Crippen LogP contribution in [0.25, 0.3) is 0 Å². The summed E-state index contributed by atoms with van der Waals surface area (Å²) in [6.07, 6.45) is 15.7. The predicted molar refractivity (Wildman–Crippen MR) is 79.7 cm³/mol. The molecule has 0 aromatic carbocycles. The Balaban J connectivity index is 1.40. The van der Waals surface area contributed by atoms with Crippen molar-refractivity contribution in [2.75, 3.05) is 13.2 Å². The highest BCUT2D eigenvalue weighted by atomic mass is 16.5. The van der Waals surface area contributed by atoms with Crippen LogP contribution in [0.4, 0.5) is 0 Å². The molecular formula is C16H24N2O2. The summed E-state index contributed by atoms with van der Waals surface area (Å²) in [6.45, 7) is 1.31. The van der Waals surface area contributed by atoms with E-state index in [1.54, 1.807) is 0 Å². The van der Waals surface area contributed by atoms with Crippen molar-refractivity contribution in [1.29, 1.82) is 0 Å². The molecule has 3 atom stereocenters. The van der Waals surface area contributed by atoms with Crippen LogP contribution in [0, 0.1) is 0 Å². The summed E-state index contributed by atoms with van der Waals surface area (Å²) < 4.78 is 5.97. The van der Waals surface area contributed by atoms with Gasteiger partial charge >= 0.3 is 0 Å². The Bertz CT molecular complexity index is 417. The van der Waals surface area contributed by atoms with E-state index in [2.05, 4.69) is 34.2 Å². The lowest BCUT2D eigenvalue weighted by Crippen LogP contribution is -2.36. The molecule has 0 amide bonds. The minimum Gasteiger partial charge on any atom is -0.460 e. The Morgan fingerprint density at radius 1 is 1.15 bits per heavy atom. The number of aliphatic hydroxyl groups is 1. The molecule has 0 radical (unpaired) electrons. The first-order chi connectivity index (χ1) is 9.88. The van der Waals surface area contributed by atoms with E-state index in [0.717, 1.165) is 31.8 Å². The van der Waals surface area contributed by atoms with Crippen LogP contribution in [0.2, 0.25) is 0 Å². The Labute approximate surface area is 120 Å². The van der Waals surface area contributed by atoms with E-state index in [9.17, 15) is 0 Å². The Morgan fingerprint density at radius 3 is 2.85 bits per heavy atom. The molecule has 0 aromatic rings. The standard InChI is InChI=1S/C16H24N2O2/c19-11-7-3-1-2-4-8-13-12-18-15-10-6-5-9-14(15)17-16(18)20-13/h5-6,9-10,13-15,19H,1-4,7-8,11-12H2. The monoisotopic (exact) mass is 276 g/mol. The predicted octanol–water partition coefficient (Wildman–Crippen LogP) is 2.25. The van der Waals surface area contributed by atoms with Crippen LogP contribution in [-0.4, -0.2) is 47.4 Å². The molecule has 1 saturated heterocycles. The summed E-state index contributed by atoms with van der Waals surface area (Å²) in [4.78, 5) is 6.95. The fourth-order valence-corrected chi connectivity index (χ4v) is 3.19. The average Bonchev–Trinajstić information content (AvgIpc) is 3.00. The van der Waals surface area contributed by atoms with Crippen molar-refractivity contribution in [1.82, 2.24) is 4.90 Å². The van der Waals surface area contributed by atoms with E-state index in [4.69, 9.17) is 9.84 Å². The molecular weight excluding hydrogens is 252 g/mol. The first-order valence-electron chi connectivity index (χ1n) is 7.85. The summed E-state index contributed by atoms with van der Waals surface area (Å²) in [5.41, 5.74) is 0. The lowest BCUT2D eigenvalue weighted by Gasteiger charge is -2.22. The summed E-state index contributed by atoms with van der Waals surface area (Å²) in [5, 5.41) is 8.73. The van der Waals surface area contributed by atoms with Gasteiger partial charge in [-0.15, -0.1) is 0 Å². The van der Waals surface area contributed by atoms with Gasteiger partial charge in [-0.25, -0.2) is 4.99 Å². The number of hydrogen-bond donors (Lipinski definition) is 1. The minimum absolute atomic E-state index is 0.259. The van der Waals surface area contributed by atoms with Crippen molar-refractivity contribution < 1.29 is 9.84 Å². The highest BCUT2D eigenvalue weighted by Gasteiger charge is 2.41. The van der Waals surface area contributed by atoms with Gasteiger partial charge in [-0.05, 0) is 19.3 Å². The van der Waals surface area contributed by atoms with Gasteiger partial charge in [-0.1, -0.05) is 43.6 Å². The summed E-state index contributed by atoms with van der Waals surface area (Å²) in [7, 11) is 0. The number of aliphatic hydroxyl groups excluding tert-OH is 1. The molecule has 0 spiro atoms. The molecule has 0 aromatic heterocycles. The molecule has 20 heavy (non-hydrogen) atoms. The number of unbranched alkanes of at least 4 members (excludes halogenated alkanes) is 4. The third kappa shape index (κ3) is 2.90. The zero-order chi connectivity index (χ0) is 13.8. The number of ether oxygens (including phenoxy) is 1. The summed E-state index contributed by atoms with van der Waals surface area (Å²) in [6, 6.07) is 1.49. The lowest BCUT2D eigenvalue weighted by atomic mass is 10.0. The van der Waals surface area contributed by atoms with E-state index < -0.39 is 0 Å². The van der Waals surface area contributed by atoms with E-state index >= 15 is 0 Å². The SMILES string of the molecule is OCCCCCCCC1CN2C(=NC3C=CC=CC32)O1. The number of allylic oxidation sites excluding steroid dienone is 2. The van der Waals surface area contributed by atoms with Gasteiger partial charge in [0.2, 0.25) is 0 Å². The fraction of sp³-hybridized carbons (Fsp3) is 0.688. The van der Waals surface area contributed by atoms with Gasteiger partial charge in [0.1, 0.15) is 6.10 Å². The van der Waals surface area contributed by atoms with Crippen LogP contribution in [0.15, 0.2) is 29.3 Å². The summed E-state index contributed by atoms with van der Waals surface area (Å²) in [5.74, 6) is 0. The van der Waals surface area contributed by atoms with Crippen molar-refractivity contribution in [2.45, 2.75) is 56.7 Å². The molecule has 2 aliphatic heterocycles. The fourth-order valence-electron chi connectivity index (χ4n) is 3.19. The lowest BCUT2D eigenvalue weighted by molar-refractivity contribution is 0.208. The Kier molecular flexibility index (Phi) is 4.41. The Morgan fingerprint density at radius 2 is 1.95 bits per heavy atom. The van der Waals surface area contributed by atoms with Gasteiger partial charge in [0.15, 0.2) is 0 Å². The van der Waals surface area contributed by atoms with Gasteiger partial charge in [-0.2, -0.15) is 0 Å². The van der Waals surface area contributed by atoms with Gasteiger partial charge in [0.25, 0.3) is 6.02 Å². The zero-order valence-corrected chi connectivity index (χ0v) is 11.9. The largest absolute Gasteiger partial charge is 0.460 e. The average molecular weight is 276 g/mol. The molecule has 0 bridgehead atoms. The van der Waals surface area contributed by atoms with E-state index in [1.807, 2.05) is 0 Å². The number of amidine groups is 1. The van der Waals surface area contributed by atoms with Crippen molar-refractivity contribution >= 4 is 6.02 Å². The third-order valence-electron chi connectivity index (χ3n) is 4.30. The van der Waals surface area contributed by atoms with Gasteiger partial charge in [0.05, 0.1) is 18.6 Å². The number of nitrogens with zero attached hydrogens (tertiary/aromatic N) is 2. The second-order valence-corrected chi connectivity index (χ2v) is 5.83. The van der Waals surface area contributed by atoms with Crippen LogP contribution < -0.4 is 0 Å². The van der Waals surface area contributed by atoms with Gasteiger partial charge in [0, 0.05) is 6.61 Å². The van der Waals surface area contributed by atoms with Crippen molar-refractivity contribution in [3.63, 3.8) is 0 Å². The minimum atomic E-state index is 0.259. The molecule has 4 heteroatoms. The molecule has 2 heterocycles. The maximum atomic E-state index is 8.73. The normalized spacial score (nSPS) is 30.1. The summed E-state index contributed by atoms with van der Waals surface area (Å²) >= 11 is 0. The second kappa shape index (κ2) is 6.44. The van der Waals surface area contributed by atoms with Crippen LogP contribution >= 0.6 is 0 Å². The van der Waals surface area contributed by atoms with Crippen molar-refractivity contribution in [2.24, 2.45) is 4.99 Å². The molecule has 110 valence electrons. The van der Waals surface area contributed by atoms with Crippen molar-refractivity contribution in [3.8, 4) is 0 Å². The highest BCUT2D eigenvalue weighted by molar-refractivity contribution is 5.79. The number of aliphatic imine (C=N–C) groups is 1. The van der Waals surface area contributed by atoms with Crippen LogP contribution in [0.1, 0.15) is 38.5 Å². The molecule has 1 aliphatic carbocycles. The van der Waals surface area contributed by atoms with E-state index in [1.165, 1.54) is 19.3 Å². The molecule has 0 saturated carbocycles. The second-order valence-electron chi connectivity index (χ2n) is 5.83. The molecule has 3 aliphatic rings. The van der Waals surface area contributed by atoms with E-state index in [-0.39, 0.29) is 6.04 Å². The highest BCUT2D eigenvalue weighted by Crippen LogP contribution is 2.29. The maximum absolute atomic E-state index is 8.73. The number of fused-ring (bicyclic) bond motifs is 3. The maximum Gasteiger partial charge on any atom is 0.289 e. The Hall–Kier alpha value is -1.29. The van der Waals surface area contributed by atoms with Crippen LogP contribution in [0.3, 0.4) is 0 Å². The van der Waals surface area contributed by atoms with Crippen molar-refractivity contribution in [3.05, 3.63) is 24.3 Å². The molecule has 1 N–H and O–H groups in total. The van der Waals surface area contributed by atoms with Gasteiger partial charge in [-0.3, -0.25) is 0 Å².